The molecule has 0 spiro atoms. The van der Waals surface area contributed by atoms with Gasteiger partial charge in [-0.05, 0) is 50.6 Å². The van der Waals surface area contributed by atoms with Crippen LogP contribution in [0.5, 0.6) is 5.75 Å². The van der Waals surface area contributed by atoms with Crippen LogP contribution in [0.2, 0.25) is 0 Å². The van der Waals surface area contributed by atoms with Crippen LogP contribution in [-0.4, -0.2) is 31.1 Å². The SMILES string of the molecule is Cc1nc(NC(C)c2cccc(OCCn3ccnc3C)c2)cc(-c2ccc3ncsc3c2)n1. The maximum absolute atomic E-state index is 5.99. The molecule has 0 saturated carbocycles. The molecule has 172 valence electrons. The average Bonchev–Trinajstić information content (AvgIpc) is 3.47. The zero-order valence-corrected chi connectivity index (χ0v) is 20.2. The van der Waals surface area contributed by atoms with Gasteiger partial charge in [-0.3, -0.25) is 0 Å². The van der Waals surface area contributed by atoms with Crippen molar-refractivity contribution in [2.75, 3.05) is 11.9 Å². The number of aryl methyl sites for hydroxylation is 2. The lowest BCUT2D eigenvalue weighted by molar-refractivity contribution is 0.296. The number of benzene rings is 2. The van der Waals surface area contributed by atoms with E-state index in [4.69, 9.17) is 4.74 Å². The molecule has 3 heterocycles. The van der Waals surface area contributed by atoms with Crippen LogP contribution in [0.4, 0.5) is 5.82 Å². The van der Waals surface area contributed by atoms with E-state index in [1.54, 1.807) is 17.5 Å². The van der Waals surface area contributed by atoms with Crippen molar-refractivity contribution in [3.05, 3.63) is 83.6 Å². The lowest BCUT2D eigenvalue weighted by Gasteiger charge is -2.17. The van der Waals surface area contributed by atoms with Crippen LogP contribution in [0.1, 0.15) is 30.2 Å². The first-order chi connectivity index (χ1) is 16.5. The molecular formula is C26H26N6OS. The first-order valence-electron chi connectivity index (χ1n) is 11.2. The monoisotopic (exact) mass is 470 g/mol. The van der Waals surface area contributed by atoms with Gasteiger partial charge in [0.15, 0.2) is 0 Å². The molecule has 8 heteroatoms. The Morgan fingerprint density at radius 3 is 2.82 bits per heavy atom. The molecule has 0 aliphatic heterocycles. The normalized spacial score (nSPS) is 12.1. The Bertz CT molecular complexity index is 1430. The van der Waals surface area contributed by atoms with Crippen molar-refractivity contribution >= 4 is 27.4 Å². The molecule has 1 unspecified atom stereocenters. The van der Waals surface area contributed by atoms with E-state index in [1.807, 2.05) is 49.8 Å². The summed E-state index contributed by atoms with van der Waals surface area (Å²) in [6.07, 6.45) is 3.77. The minimum Gasteiger partial charge on any atom is -0.492 e. The molecule has 5 aromatic rings. The fraction of sp³-hybridized carbons (Fsp3) is 0.231. The van der Waals surface area contributed by atoms with Gasteiger partial charge in [-0.1, -0.05) is 18.2 Å². The van der Waals surface area contributed by atoms with E-state index >= 15 is 0 Å². The Hall–Kier alpha value is -3.78. The number of rotatable bonds is 8. The summed E-state index contributed by atoms with van der Waals surface area (Å²) in [5, 5.41) is 3.53. The third-order valence-corrected chi connectivity index (χ3v) is 6.50. The van der Waals surface area contributed by atoms with Crippen molar-refractivity contribution in [1.29, 1.82) is 0 Å². The largest absolute Gasteiger partial charge is 0.492 e. The summed E-state index contributed by atoms with van der Waals surface area (Å²) in [6.45, 7) is 7.38. The first-order valence-corrected chi connectivity index (χ1v) is 12.1. The molecule has 0 radical (unpaired) electrons. The zero-order chi connectivity index (χ0) is 23.5. The topological polar surface area (TPSA) is 77.8 Å². The Morgan fingerprint density at radius 1 is 1.06 bits per heavy atom. The second-order valence-corrected chi connectivity index (χ2v) is 9.06. The molecule has 2 aromatic carbocycles. The van der Waals surface area contributed by atoms with E-state index in [1.165, 1.54) is 0 Å². The van der Waals surface area contributed by atoms with Gasteiger partial charge >= 0.3 is 0 Å². The van der Waals surface area contributed by atoms with E-state index < -0.39 is 0 Å². The third kappa shape index (κ3) is 4.92. The highest BCUT2D eigenvalue weighted by atomic mass is 32.1. The van der Waals surface area contributed by atoms with Crippen LogP contribution in [-0.2, 0) is 6.54 Å². The molecule has 0 aliphatic carbocycles. The second kappa shape index (κ2) is 9.61. The number of ether oxygens (including phenoxy) is 1. The van der Waals surface area contributed by atoms with Crippen molar-refractivity contribution in [3.63, 3.8) is 0 Å². The molecule has 5 rings (SSSR count). The van der Waals surface area contributed by atoms with Crippen LogP contribution < -0.4 is 10.1 Å². The molecule has 1 N–H and O–H groups in total. The van der Waals surface area contributed by atoms with Crippen LogP contribution in [0.3, 0.4) is 0 Å². The van der Waals surface area contributed by atoms with Gasteiger partial charge in [0.2, 0.25) is 0 Å². The van der Waals surface area contributed by atoms with Crippen molar-refractivity contribution in [3.8, 4) is 17.0 Å². The summed E-state index contributed by atoms with van der Waals surface area (Å²) in [5.74, 6) is 3.35. The molecule has 0 aliphatic rings. The van der Waals surface area contributed by atoms with Gasteiger partial charge in [-0.25, -0.2) is 19.9 Å². The first kappa shape index (κ1) is 22.0. The number of nitrogens with zero attached hydrogens (tertiary/aromatic N) is 5. The van der Waals surface area contributed by atoms with E-state index in [9.17, 15) is 0 Å². The van der Waals surface area contributed by atoms with Gasteiger partial charge in [-0.2, -0.15) is 0 Å². The maximum Gasteiger partial charge on any atom is 0.130 e. The number of fused-ring (bicyclic) bond motifs is 1. The van der Waals surface area contributed by atoms with Gasteiger partial charge < -0.3 is 14.6 Å². The number of thiazole rings is 1. The van der Waals surface area contributed by atoms with Crippen LogP contribution in [0, 0.1) is 13.8 Å². The van der Waals surface area contributed by atoms with Gasteiger partial charge in [0.1, 0.15) is 29.8 Å². The van der Waals surface area contributed by atoms with E-state index in [0.717, 1.165) is 56.8 Å². The zero-order valence-electron chi connectivity index (χ0n) is 19.4. The molecule has 1 atom stereocenters. The molecule has 0 amide bonds. The summed E-state index contributed by atoms with van der Waals surface area (Å²) >= 11 is 1.63. The Morgan fingerprint density at radius 2 is 1.97 bits per heavy atom. The highest BCUT2D eigenvalue weighted by Crippen LogP contribution is 2.28. The van der Waals surface area contributed by atoms with Crippen LogP contribution in [0.15, 0.2) is 66.4 Å². The van der Waals surface area contributed by atoms with Crippen molar-refractivity contribution < 1.29 is 4.74 Å². The van der Waals surface area contributed by atoms with E-state index in [2.05, 4.69) is 61.0 Å². The Labute approximate surface area is 202 Å². The predicted octanol–water partition coefficient (Wildman–Crippen LogP) is 5.82. The van der Waals surface area contributed by atoms with Gasteiger partial charge in [0, 0.05) is 24.0 Å². The summed E-state index contributed by atoms with van der Waals surface area (Å²) in [5.41, 5.74) is 5.95. The standard InChI is InChI=1S/C26H26N6OS/c1-17(20-5-4-6-22(13-20)33-12-11-32-10-9-27-19(32)3)29-26-15-24(30-18(2)31-26)21-7-8-23-25(14-21)34-16-28-23/h4-10,13-17H,11-12H2,1-3H3,(H,29,30,31). The summed E-state index contributed by atoms with van der Waals surface area (Å²) in [4.78, 5) is 17.9. The number of hydrogen-bond acceptors (Lipinski definition) is 7. The smallest absolute Gasteiger partial charge is 0.130 e. The van der Waals surface area contributed by atoms with E-state index in [0.29, 0.717) is 6.61 Å². The van der Waals surface area contributed by atoms with Crippen LogP contribution >= 0.6 is 11.3 Å². The van der Waals surface area contributed by atoms with Crippen molar-refractivity contribution in [1.82, 2.24) is 24.5 Å². The summed E-state index contributed by atoms with van der Waals surface area (Å²) in [7, 11) is 0. The quantitative estimate of drug-likeness (QED) is 0.308. The average molecular weight is 471 g/mol. The van der Waals surface area contributed by atoms with Gasteiger partial charge in [0.25, 0.3) is 0 Å². The van der Waals surface area contributed by atoms with Crippen LogP contribution in [0.25, 0.3) is 21.5 Å². The number of imidazole rings is 1. The number of nitrogens with one attached hydrogen (secondary N) is 1. The van der Waals surface area contributed by atoms with Crippen molar-refractivity contribution in [2.24, 2.45) is 0 Å². The highest BCUT2D eigenvalue weighted by Gasteiger charge is 2.11. The fourth-order valence-corrected chi connectivity index (χ4v) is 4.60. The molecule has 0 saturated heterocycles. The molecule has 7 nitrogen and oxygen atoms in total. The van der Waals surface area contributed by atoms with Gasteiger partial charge in [-0.15, -0.1) is 11.3 Å². The fourth-order valence-electron chi connectivity index (χ4n) is 3.88. The summed E-state index contributed by atoms with van der Waals surface area (Å²) in [6, 6.07) is 16.4. The number of hydrogen-bond donors (Lipinski definition) is 1. The predicted molar refractivity (Wildman–Crippen MR) is 136 cm³/mol. The Balaban J connectivity index is 1.28. The molecule has 34 heavy (non-hydrogen) atoms. The molecule has 0 fully saturated rings. The minimum atomic E-state index is 0.0468. The third-order valence-electron chi connectivity index (χ3n) is 5.71. The molecule has 0 bridgehead atoms. The number of anilines is 1. The lowest BCUT2D eigenvalue weighted by Crippen LogP contribution is -2.11. The minimum absolute atomic E-state index is 0.0468. The maximum atomic E-state index is 5.99. The van der Waals surface area contributed by atoms with E-state index in [-0.39, 0.29) is 6.04 Å². The molecule has 3 aromatic heterocycles. The summed E-state index contributed by atoms with van der Waals surface area (Å²) < 4.78 is 9.22. The van der Waals surface area contributed by atoms with Gasteiger partial charge in [0.05, 0.1) is 34.0 Å². The number of aromatic nitrogens is 5. The molecular weight excluding hydrogens is 444 g/mol. The second-order valence-electron chi connectivity index (χ2n) is 8.18. The Kier molecular flexibility index (Phi) is 6.22. The highest BCUT2D eigenvalue weighted by molar-refractivity contribution is 7.16. The van der Waals surface area contributed by atoms with Crippen molar-refractivity contribution in [2.45, 2.75) is 33.4 Å². The lowest BCUT2D eigenvalue weighted by atomic mass is 10.1.